The van der Waals surface area contributed by atoms with Crippen molar-refractivity contribution in [2.75, 3.05) is 12.4 Å². The number of phenolic OH excluding ortho intramolecular Hbond substituents is 1. The number of hydrogen-bond acceptors (Lipinski definition) is 4. The number of rotatable bonds is 5. The van der Waals surface area contributed by atoms with Gasteiger partial charge in [0.15, 0.2) is 11.5 Å². The Morgan fingerprint density at radius 2 is 1.89 bits per heavy atom. The van der Waals surface area contributed by atoms with Gasteiger partial charge in [0, 0.05) is 34.1 Å². The molecule has 0 spiro atoms. The van der Waals surface area contributed by atoms with Crippen molar-refractivity contribution >= 4 is 35.1 Å². The van der Waals surface area contributed by atoms with Crippen LogP contribution in [0, 0.1) is 0 Å². The Bertz CT molecular complexity index is 988. The number of aromatic hydroxyl groups is 1. The fourth-order valence-corrected chi connectivity index (χ4v) is 2.67. The largest absolute Gasteiger partial charge is 0.504 e. The van der Waals surface area contributed by atoms with Crippen LogP contribution in [0.1, 0.15) is 15.9 Å². The van der Waals surface area contributed by atoms with Gasteiger partial charge in [-0.25, -0.2) is 0 Å². The molecule has 0 aliphatic rings. The molecule has 0 aliphatic heterocycles. The molecule has 0 heterocycles. The first-order valence-corrected chi connectivity index (χ1v) is 8.51. The molecule has 0 unspecified atom stereocenters. The number of ether oxygens (including phenoxy) is 1. The Balaban J connectivity index is 1.79. The van der Waals surface area contributed by atoms with Crippen LogP contribution in [0.15, 0.2) is 71.7 Å². The molecule has 3 rings (SSSR count). The summed E-state index contributed by atoms with van der Waals surface area (Å²) in [5, 5.41) is 13.4. The third-order valence-corrected chi connectivity index (χ3v) is 4.00. The zero-order valence-corrected chi connectivity index (χ0v) is 15.3. The topological polar surface area (TPSA) is 70.9 Å². The van der Waals surface area contributed by atoms with E-state index < -0.39 is 0 Å². The predicted molar refractivity (Wildman–Crippen MR) is 108 cm³/mol. The van der Waals surface area contributed by atoms with E-state index in [9.17, 15) is 9.90 Å². The van der Waals surface area contributed by atoms with Gasteiger partial charge >= 0.3 is 0 Å². The van der Waals surface area contributed by atoms with Gasteiger partial charge in [0.1, 0.15) is 0 Å². The molecular weight excluding hydrogens is 364 g/mol. The number of methoxy groups -OCH3 is 1. The smallest absolute Gasteiger partial charge is 0.255 e. The number of aliphatic imine (C=N–C) groups is 1. The molecule has 0 saturated heterocycles. The zero-order valence-electron chi connectivity index (χ0n) is 14.5. The lowest BCUT2D eigenvalue weighted by Gasteiger charge is -2.07. The average Bonchev–Trinajstić information content (AvgIpc) is 2.69. The van der Waals surface area contributed by atoms with Crippen LogP contribution < -0.4 is 10.1 Å². The highest BCUT2D eigenvalue weighted by molar-refractivity contribution is 6.31. The molecule has 0 aliphatic carbocycles. The lowest BCUT2D eigenvalue weighted by atomic mass is 10.2. The maximum Gasteiger partial charge on any atom is 0.255 e. The van der Waals surface area contributed by atoms with Crippen LogP contribution in [-0.4, -0.2) is 24.3 Å². The normalized spacial score (nSPS) is 10.7. The zero-order chi connectivity index (χ0) is 19.2. The molecule has 2 N–H and O–H groups in total. The van der Waals surface area contributed by atoms with Crippen LogP contribution in [0.2, 0.25) is 5.02 Å². The summed E-state index contributed by atoms with van der Waals surface area (Å²) in [7, 11) is 1.45. The van der Waals surface area contributed by atoms with Crippen LogP contribution in [-0.2, 0) is 0 Å². The summed E-state index contributed by atoms with van der Waals surface area (Å²) in [6.07, 6.45) is 1.49. The lowest BCUT2D eigenvalue weighted by molar-refractivity contribution is 0.102. The molecule has 6 heteroatoms. The minimum Gasteiger partial charge on any atom is -0.504 e. The first-order chi connectivity index (χ1) is 13.1. The van der Waals surface area contributed by atoms with Crippen molar-refractivity contribution < 1.29 is 14.6 Å². The number of halogens is 1. The number of hydrogen-bond donors (Lipinski definition) is 2. The second-order valence-corrected chi connectivity index (χ2v) is 6.11. The van der Waals surface area contributed by atoms with Gasteiger partial charge in [0.2, 0.25) is 0 Å². The van der Waals surface area contributed by atoms with Crippen molar-refractivity contribution in [1.82, 2.24) is 0 Å². The number of phenols is 1. The number of benzene rings is 3. The summed E-state index contributed by atoms with van der Waals surface area (Å²) in [5.74, 6) is 0.0287. The van der Waals surface area contributed by atoms with E-state index in [2.05, 4.69) is 10.3 Å². The third kappa shape index (κ3) is 4.65. The molecule has 27 heavy (non-hydrogen) atoms. The number of carbonyl (C=O) groups excluding carboxylic acids is 1. The summed E-state index contributed by atoms with van der Waals surface area (Å²) in [5.41, 5.74) is 2.23. The maximum absolute atomic E-state index is 12.2. The Morgan fingerprint density at radius 3 is 2.63 bits per heavy atom. The van der Waals surface area contributed by atoms with Crippen LogP contribution in [0.3, 0.4) is 0 Å². The maximum atomic E-state index is 12.2. The molecule has 136 valence electrons. The molecule has 0 aromatic heterocycles. The van der Waals surface area contributed by atoms with Gasteiger partial charge in [-0.1, -0.05) is 35.9 Å². The van der Waals surface area contributed by atoms with E-state index in [1.165, 1.54) is 19.4 Å². The van der Waals surface area contributed by atoms with E-state index in [1.54, 1.807) is 54.6 Å². The molecule has 5 nitrogen and oxygen atoms in total. The minimum absolute atomic E-state index is 0.0424. The van der Waals surface area contributed by atoms with Crippen LogP contribution >= 0.6 is 11.6 Å². The van der Waals surface area contributed by atoms with Gasteiger partial charge < -0.3 is 15.2 Å². The Kier molecular flexibility index (Phi) is 5.74. The first kappa shape index (κ1) is 18.5. The van der Waals surface area contributed by atoms with Gasteiger partial charge in [-0.3, -0.25) is 9.79 Å². The van der Waals surface area contributed by atoms with Crippen LogP contribution in [0.5, 0.6) is 11.5 Å². The molecule has 3 aromatic rings. The summed E-state index contributed by atoms with van der Waals surface area (Å²) in [4.78, 5) is 16.6. The van der Waals surface area contributed by atoms with Crippen molar-refractivity contribution in [3.8, 4) is 11.5 Å². The Hall–Kier alpha value is -3.31. The summed E-state index contributed by atoms with van der Waals surface area (Å²) in [6.45, 7) is 0. The molecular formula is C21H17ClN2O3. The molecule has 3 aromatic carbocycles. The first-order valence-electron chi connectivity index (χ1n) is 8.14. The molecule has 1 amide bonds. The molecule has 0 bridgehead atoms. The minimum atomic E-state index is -0.200. The fourth-order valence-electron chi connectivity index (χ4n) is 2.45. The molecule has 0 radical (unpaired) electrons. The van der Waals surface area contributed by atoms with E-state index >= 15 is 0 Å². The molecule has 0 fully saturated rings. The summed E-state index contributed by atoms with van der Waals surface area (Å²) in [6, 6.07) is 19.1. The monoisotopic (exact) mass is 380 g/mol. The van der Waals surface area contributed by atoms with E-state index in [1.807, 2.05) is 6.07 Å². The van der Waals surface area contributed by atoms with E-state index in [4.69, 9.17) is 16.3 Å². The number of nitrogens with one attached hydrogen (secondary N) is 1. The number of carbonyl (C=O) groups is 1. The standard InChI is InChI=1S/C21H17ClN2O3/c1-27-19-11-16(22)10-15(20(19)25)13-23-17-8-5-9-18(12-17)24-21(26)14-6-3-2-4-7-14/h2-13,25H,1H3,(H,24,26). The highest BCUT2D eigenvalue weighted by atomic mass is 35.5. The predicted octanol–water partition coefficient (Wildman–Crippen LogP) is 5.06. The molecule has 0 atom stereocenters. The average molecular weight is 381 g/mol. The van der Waals surface area contributed by atoms with E-state index in [0.717, 1.165) is 0 Å². The number of amides is 1. The van der Waals surface area contributed by atoms with Gasteiger partial charge in [0.05, 0.1) is 12.8 Å². The van der Waals surface area contributed by atoms with Gasteiger partial charge in [-0.15, -0.1) is 0 Å². The number of nitrogens with zero attached hydrogens (tertiary/aromatic N) is 1. The Morgan fingerprint density at radius 1 is 1.11 bits per heavy atom. The third-order valence-electron chi connectivity index (χ3n) is 3.78. The molecule has 0 saturated carbocycles. The quantitative estimate of drug-likeness (QED) is 0.608. The summed E-state index contributed by atoms with van der Waals surface area (Å²) >= 11 is 6.02. The van der Waals surface area contributed by atoms with Crippen molar-refractivity contribution in [3.63, 3.8) is 0 Å². The van der Waals surface area contributed by atoms with E-state index in [0.29, 0.717) is 27.5 Å². The van der Waals surface area contributed by atoms with Gasteiger partial charge in [0.25, 0.3) is 5.91 Å². The number of anilines is 1. The second-order valence-electron chi connectivity index (χ2n) is 5.67. The van der Waals surface area contributed by atoms with Crippen molar-refractivity contribution in [2.24, 2.45) is 4.99 Å². The Labute approximate surface area is 161 Å². The van der Waals surface area contributed by atoms with Crippen molar-refractivity contribution in [1.29, 1.82) is 0 Å². The van der Waals surface area contributed by atoms with Gasteiger partial charge in [-0.05, 0) is 36.4 Å². The SMILES string of the molecule is COc1cc(Cl)cc(C=Nc2cccc(NC(=O)c3ccccc3)c2)c1O. The lowest BCUT2D eigenvalue weighted by Crippen LogP contribution is -2.11. The van der Waals surface area contributed by atoms with E-state index in [-0.39, 0.29) is 17.4 Å². The second kappa shape index (κ2) is 8.38. The highest BCUT2D eigenvalue weighted by Crippen LogP contribution is 2.32. The van der Waals surface area contributed by atoms with Crippen molar-refractivity contribution in [2.45, 2.75) is 0 Å². The van der Waals surface area contributed by atoms with Crippen molar-refractivity contribution in [3.05, 3.63) is 82.9 Å². The summed E-state index contributed by atoms with van der Waals surface area (Å²) < 4.78 is 5.08. The fraction of sp³-hybridized carbons (Fsp3) is 0.0476. The highest BCUT2D eigenvalue weighted by Gasteiger charge is 2.09. The van der Waals surface area contributed by atoms with Crippen LogP contribution in [0.25, 0.3) is 0 Å². The van der Waals surface area contributed by atoms with Crippen LogP contribution in [0.4, 0.5) is 11.4 Å². The van der Waals surface area contributed by atoms with Gasteiger partial charge in [-0.2, -0.15) is 0 Å².